The summed E-state index contributed by atoms with van der Waals surface area (Å²) in [6.07, 6.45) is 2.80. The highest BCUT2D eigenvalue weighted by molar-refractivity contribution is 7.90. The molecule has 0 aromatic heterocycles. The minimum atomic E-state index is -3.10. The highest BCUT2D eigenvalue weighted by atomic mass is 32.2. The van der Waals surface area contributed by atoms with Gasteiger partial charge in [0.25, 0.3) is 0 Å². The van der Waals surface area contributed by atoms with Crippen LogP contribution in [-0.4, -0.2) is 27.9 Å². The van der Waals surface area contributed by atoms with Gasteiger partial charge in [0.15, 0.2) is 9.84 Å². The van der Waals surface area contributed by atoms with E-state index < -0.39 is 9.84 Å². The van der Waals surface area contributed by atoms with Gasteiger partial charge in [0.2, 0.25) is 0 Å². The number of rotatable bonds is 3. The first-order chi connectivity index (χ1) is 6.54. The maximum Gasteiger partial charge on any atom is 0.175 e. The molecule has 14 heavy (non-hydrogen) atoms. The van der Waals surface area contributed by atoms with Gasteiger partial charge in [0.1, 0.15) is 0 Å². The molecule has 0 saturated heterocycles. The largest absolute Gasteiger partial charge is 0.313 e. The highest BCUT2D eigenvalue weighted by Crippen LogP contribution is 2.08. The Morgan fingerprint density at radius 1 is 1.29 bits per heavy atom. The van der Waals surface area contributed by atoms with Crippen molar-refractivity contribution in [2.24, 2.45) is 5.10 Å². The molecule has 1 rings (SSSR count). The van der Waals surface area contributed by atoms with Crippen LogP contribution >= 0.6 is 0 Å². The molecule has 1 aromatic carbocycles. The molecular formula is C9H12N2O2S. The number of sulfone groups is 1. The highest BCUT2D eigenvalue weighted by Gasteiger charge is 2.04. The van der Waals surface area contributed by atoms with Gasteiger partial charge in [-0.15, -0.1) is 0 Å². The van der Waals surface area contributed by atoms with Crippen molar-refractivity contribution in [3.05, 3.63) is 29.8 Å². The molecule has 0 spiro atoms. The van der Waals surface area contributed by atoms with Crippen LogP contribution in [0.5, 0.6) is 0 Å². The zero-order valence-corrected chi connectivity index (χ0v) is 8.88. The van der Waals surface area contributed by atoms with E-state index in [1.54, 1.807) is 37.5 Å². The average Bonchev–Trinajstić information content (AvgIpc) is 2.14. The molecule has 0 fully saturated rings. The Morgan fingerprint density at radius 3 is 2.29 bits per heavy atom. The summed E-state index contributed by atoms with van der Waals surface area (Å²) in [5.74, 6) is 0. The Kier molecular flexibility index (Phi) is 3.24. The van der Waals surface area contributed by atoms with E-state index in [1.807, 2.05) is 0 Å². The quantitative estimate of drug-likeness (QED) is 0.591. The first-order valence-corrected chi connectivity index (χ1v) is 5.93. The van der Waals surface area contributed by atoms with Crippen LogP contribution in [-0.2, 0) is 9.84 Å². The monoisotopic (exact) mass is 212 g/mol. The third-order valence-corrected chi connectivity index (χ3v) is 2.78. The molecule has 76 valence electrons. The summed E-state index contributed by atoms with van der Waals surface area (Å²) < 4.78 is 22.2. The molecule has 1 N–H and O–H groups in total. The van der Waals surface area contributed by atoms with E-state index in [1.165, 1.54) is 6.26 Å². The van der Waals surface area contributed by atoms with Crippen molar-refractivity contribution in [2.45, 2.75) is 4.90 Å². The van der Waals surface area contributed by atoms with Crippen molar-refractivity contribution in [1.82, 2.24) is 5.43 Å². The van der Waals surface area contributed by atoms with Crippen LogP contribution in [0.1, 0.15) is 5.56 Å². The molecular weight excluding hydrogens is 200 g/mol. The topological polar surface area (TPSA) is 58.5 Å². The normalized spacial score (nSPS) is 11.9. The van der Waals surface area contributed by atoms with E-state index in [-0.39, 0.29) is 0 Å². The minimum Gasteiger partial charge on any atom is -0.313 e. The van der Waals surface area contributed by atoms with E-state index in [2.05, 4.69) is 10.5 Å². The van der Waals surface area contributed by atoms with Crippen LogP contribution in [0, 0.1) is 0 Å². The molecule has 0 aliphatic heterocycles. The summed E-state index contributed by atoms with van der Waals surface area (Å²) in [6.45, 7) is 0. The second kappa shape index (κ2) is 4.23. The maximum atomic E-state index is 11.1. The number of hydrazone groups is 1. The van der Waals surface area contributed by atoms with Gasteiger partial charge in [-0.3, -0.25) is 0 Å². The van der Waals surface area contributed by atoms with E-state index in [0.29, 0.717) is 4.90 Å². The number of nitrogens with zero attached hydrogens (tertiary/aromatic N) is 1. The molecule has 0 radical (unpaired) electrons. The van der Waals surface area contributed by atoms with Crippen LogP contribution < -0.4 is 5.43 Å². The van der Waals surface area contributed by atoms with E-state index in [4.69, 9.17) is 0 Å². The van der Waals surface area contributed by atoms with Crippen molar-refractivity contribution in [3.63, 3.8) is 0 Å². The molecule has 0 atom stereocenters. The second-order valence-electron chi connectivity index (χ2n) is 2.82. The van der Waals surface area contributed by atoms with Gasteiger partial charge in [-0.2, -0.15) is 5.10 Å². The van der Waals surface area contributed by atoms with Crippen LogP contribution in [0.2, 0.25) is 0 Å². The lowest BCUT2D eigenvalue weighted by molar-refractivity contribution is 0.602. The Balaban J connectivity index is 2.95. The number of nitrogens with one attached hydrogen (secondary N) is 1. The molecule has 1 aromatic rings. The standard InChI is InChI=1S/C9H12N2O2S/c1-10-11-7-8-3-5-9(6-4-8)14(2,12)13/h3-7,10H,1-2H3/b11-7-. The molecule has 5 heteroatoms. The van der Waals surface area contributed by atoms with Crippen LogP contribution in [0.15, 0.2) is 34.3 Å². The predicted molar refractivity (Wildman–Crippen MR) is 56.2 cm³/mol. The van der Waals surface area contributed by atoms with Gasteiger partial charge in [-0.1, -0.05) is 12.1 Å². The zero-order chi connectivity index (χ0) is 10.6. The fourth-order valence-corrected chi connectivity index (χ4v) is 1.57. The smallest absolute Gasteiger partial charge is 0.175 e. The van der Waals surface area contributed by atoms with Gasteiger partial charge in [-0.25, -0.2) is 8.42 Å². The van der Waals surface area contributed by atoms with Crippen molar-refractivity contribution in [1.29, 1.82) is 0 Å². The average molecular weight is 212 g/mol. The van der Waals surface area contributed by atoms with Crippen LogP contribution in [0.3, 0.4) is 0 Å². The Labute approximate surface area is 83.6 Å². The van der Waals surface area contributed by atoms with Gasteiger partial charge < -0.3 is 5.43 Å². The molecule has 0 aliphatic carbocycles. The Morgan fingerprint density at radius 2 is 1.86 bits per heavy atom. The molecule has 4 nitrogen and oxygen atoms in total. The summed E-state index contributed by atoms with van der Waals surface area (Å²) in [7, 11) is -1.40. The Bertz CT molecular complexity index is 421. The van der Waals surface area contributed by atoms with Crippen molar-refractivity contribution in [3.8, 4) is 0 Å². The van der Waals surface area contributed by atoms with Gasteiger partial charge in [0, 0.05) is 13.3 Å². The van der Waals surface area contributed by atoms with E-state index in [0.717, 1.165) is 5.56 Å². The third-order valence-electron chi connectivity index (χ3n) is 1.65. The fraction of sp³-hybridized carbons (Fsp3) is 0.222. The summed E-state index contributed by atoms with van der Waals surface area (Å²) >= 11 is 0. The first-order valence-electron chi connectivity index (χ1n) is 4.04. The van der Waals surface area contributed by atoms with E-state index in [9.17, 15) is 8.42 Å². The summed E-state index contributed by atoms with van der Waals surface area (Å²) in [5, 5.41) is 3.81. The number of benzene rings is 1. The second-order valence-corrected chi connectivity index (χ2v) is 4.84. The van der Waals surface area contributed by atoms with Crippen LogP contribution in [0.4, 0.5) is 0 Å². The molecule has 0 amide bonds. The van der Waals surface area contributed by atoms with Gasteiger partial charge in [-0.05, 0) is 17.7 Å². The van der Waals surface area contributed by atoms with Crippen molar-refractivity contribution in [2.75, 3.05) is 13.3 Å². The molecule has 0 heterocycles. The molecule has 0 saturated carbocycles. The number of hydrogen-bond donors (Lipinski definition) is 1. The summed E-state index contributed by atoms with van der Waals surface area (Å²) in [6, 6.07) is 6.53. The Hall–Kier alpha value is -1.36. The van der Waals surface area contributed by atoms with Gasteiger partial charge in [0.05, 0.1) is 11.1 Å². The lowest BCUT2D eigenvalue weighted by atomic mass is 10.2. The van der Waals surface area contributed by atoms with Crippen LogP contribution in [0.25, 0.3) is 0 Å². The third kappa shape index (κ3) is 2.85. The lowest BCUT2D eigenvalue weighted by Crippen LogP contribution is -1.98. The summed E-state index contributed by atoms with van der Waals surface area (Å²) in [4.78, 5) is 0.319. The fourth-order valence-electron chi connectivity index (χ4n) is 0.940. The first kappa shape index (κ1) is 10.7. The molecule has 0 unspecified atom stereocenters. The van der Waals surface area contributed by atoms with Crippen molar-refractivity contribution >= 4 is 16.1 Å². The zero-order valence-electron chi connectivity index (χ0n) is 8.06. The lowest BCUT2D eigenvalue weighted by Gasteiger charge is -1.97. The van der Waals surface area contributed by atoms with Crippen molar-refractivity contribution < 1.29 is 8.42 Å². The molecule has 0 bridgehead atoms. The molecule has 0 aliphatic rings. The summed E-state index contributed by atoms with van der Waals surface area (Å²) in [5.41, 5.74) is 3.47. The van der Waals surface area contributed by atoms with Gasteiger partial charge >= 0.3 is 0 Å². The number of hydrogen-bond acceptors (Lipinski definition) is 4. The minimum absolute atomic E-state index is 0.319. The maximum absolute atomic E-state index is 11.1. The SMILES string of the molecule is CN/N=C\c1ccc(S(C)(=O)=O)cc1. The predicted octanol–water partition coefficient (Wildman–Crippen LogP) is 0.643. The van der Waals surface area contributed by atoms with E-state index >= 15 is 0 Å².